The van der Waals surface area contributed by atoms with E-state index in [1.165, 1.54) is 22.6 Å². The molecule has 0 aliphatic carbocycles. The minimum absolute atomic E-state index is 0.00462. The third kappa shape index (κ3) is 5.44. The first-order valence-electron chi connectivity index (χ1n) is 12.2. The fourth-order valence-corrected chi connectivity index (χ4v) is 8.30. The number of carbonyl (C=O) groups is 2. The first-order valence-corrected chi connectivity index (χ1v) is 14.6. The van der Waals surface area contributed by atoms with Gasteiger partial charge in [-0.1, -0.05) is 42.5 Å². The SMILES string of the molecule is O=C(CC1(c2ccc(-c3ccc(-c4cnco4)cc3)s2)CCN(C(=O)Nc2ccccc2)CCS1(=O)=O)NO. The summed E-state index contributed by atoms with van der Waals surface area (Å²) >= 11 is 1.28. The third-order valence-electron chi connectivity index (χ3n) is 6.84. The lowest BCUT2D eigenvalue weighted by molar-refractivity contribution is -0.129. The van der Waals surface area contributed by atoms with Crippen LogP contribution < -0.4 is 10.8 Å². The number of amides is 3. The van der Waals surface area contributed by atoms with Gasteiger partial charge in [0.05, 0.1) is 18.4 Å². The van der Waals surface area contributed by atoms with E-state index in [1.54, 1.807) is 42.0 Å². The molecular formula is C27H26N4O6S2. The van der Waals surface area contributed by atoms with Crippen LogP contribution in [0.5, 0.6) is 0 Å². The zero-order valence-corrected chi connectivity index (χ0v) is 22.4. The van der Waals surface area contributed by atoms with Gasteiger partial charge in [-0.05, 0) is 36.2 Å². The van der Waals surface area contributed by atoms with Crippen molar-refractivity contribution >= 4 is 38.8 Å². The molecule has 3 N–H and O–H groups in total. The van der Waals surface area contributed by atoms with Crippen LogP contribution in [-0.2, 0) is 19.4 Å². The van der Waals surface area contributed by atoms with Gasteiger partial charge in [-0.2, -0.15) is 0 Å². The lowest BCUT2D eigenvalue weighted by Gasteiger charge is -2.30. The second kappa shape index (κ2) is 11.0. The molecule has 0 spiro atoms. The predicted molar refractivity (Wildman–Crippen MR) is 147 cm³/mol. The highest BCUT2D eigenvalue weighted by Gasteiger charge is 2.49. The van der Waals surface area contributed by atoms with Crippen LogP contribution in [0, 0.1) is 0 Å². The Kier molecular flexibility index (Phi) is 7.51. The summed E-state index contributed by atoms with van der Waals surface area (Å²) in [5, 5.41) is 12.1. The number of anilines is 1. The quantitative estimate of drug-likeness (QED) is 0.230. The summed E-state index contributed by atoms with van der Waals surface area (Å²) < 4.78 is 31.3. The van der Waals surface area contributed by atoms with Gasteiger partial charge < -0.3 is 14.6 Å². The molecule has 2 aromatic heterocycles. The lowest BCUT2D eigenvalue weighted by atomic mass is 9.97. The Labute approximate surface area is 229 Å². The Balaban J connectivity index is 1.44. The molecule has 1 unspecified atom stereocenters. The number of nitrogens with zero attached hydrogens (tertiary/aromatic N) is 2. The molecule has 0 radical (unpaired) electrons. The van der Waals surface area contributed by atoms with Crippen LogP contribution in [0.4, 0.5) is 10.5 Å². The molecule has 4 aromatic rings. The van der Waals surface area contributed by atoms with Crippen LogP contribution in [0.3, 0.4) is 0 Å². The Morgan fingerprint density at radius 2 is 1.77 bits per heavy atom. The van der Waals surface area contributed by atoms with Gasteiger partial charge in [0.25, 0.3) is 0 Å². The van der Waals surface area contributed by atoms with E-state index in [-0.39, 0.29) is 25.3 Å². The van der Waals surface area contributed by atoms with Crippen molar-refractivity contribution in [2.45, 2.75) is 17.6 Å². The van der Waals surface area contributed by atoms with Gasteiger partial charge in [-0.25, -0.2) is 23.7 Å². The normalized spacial score (nSPS) is 18.7. The lowest BCUT2D eigenvalue weighted by Crippen LogP contribution is -2.41. The second-order valence-electron chi connectivity index (χ2n) is 9.17. The summed E-state index contributed by atoms with van der Waals surface area (Å²) in [6.45, 7) is 0.0839. The monoisotopic (exact) mass is 566 g/mol. The van der Waals surface area contributed by atoms with Crippen molar-refractivity contribution in [3.63, 3.8) is 0 Å². The highest BCUT2D eigenvalue weighted by molar-refractivity contribution is 7.92. The molecule has 202 valence electrons. The van der Waals surface area contributed by atoms with Crippen molar-refractivity contribution < 1.29 is 27.6 Å². The van der Waals surface area contributed by atoms with Crippen LogP contribution in [0.25, 0.3) is 21.8 Å². The Bertz CT molecular complexity index is 1550. The fourth-order valence-electron chi connectivity index (χ4n) is 4.69. The number of nitrogens with one attached hydrogen (secondary N) is 2. The Morgan fingerprint density at radius 3 is 2.46 bits per heavy atom. The minimum atomic E-state index is -3.93. The van der Waals surface area contributed by atoms with Gasteiger partial charge in [-0.3, -0.25) is 10.0 Å². The van der Waals surface area contributed by atoms with E-state index in [2.05, 4.69) is 10.3 Å². The van der Waals surface area contributed by atoms with Gasteiger partial charge in [0.1, 0.15) is 4.75 Å². The molecule has 1 atom stereocenters. The molecule has 3 amide bonds. The molecule has 3 heterocycles. The van der Waals surface area contributed by atoms with Crippen molar-refractivity contribution in [3.8, 4) is 21.8 Å². The van der Waals surface area contributed by atoms with Crippen molar-refractivity contribution in [3.05, 3.63) is 84.2 Å². The Hall–Kier alpha value is -4.00. The van der Waals surface area contributed by atoms with Crippen molar-refractivity contribution in [1.29, 1.82) is 0 Å². The molecule has 39 heavy (non-hydrogen) atoms. The number of rotatable bonds is 6. The van der Waals surface area contributed by atoms with E-state index in [9.17, 15) is 23.2 Å². The molecule has 1 aliphatic heterocycles. The van der Waals surface area contributed by atoms with Crippen molar-refractivity contribution in [2.75, 3.05) is 24.2 Å². The molecule has 10 nitrogen and oxygen atoms in total. The van der Waals surface area contributed by atoms with Crippen LogP contribution >= 0.6 is 11.3 Å². The molecular weight excluding hydrogens is 540 g/mol. The average Bonchev–Trinajstić information content (AvgIpc) is 3.64. The van der Waals surface area contributed by atoms with E-state index in [4.69, 9.17) is 4.42 Å². The molecule has 1 aliphatic rings. The number of urea groups is 1. The highest BCUT2D eigenvalue weighted by atomic mass is 32.2. The summed E-state index contributed by atoms with van der Waals surface area (Å²) in [4.78, 5) is 32.0. The van der Waals surface area contributed by atoms with Crippen LogP contribution in [0.2, 0.25) is 0 Å². The third-order valence-corrected chi connectivity index (χ3v) is 10.8. The number of para-hydroxylation sites is 1. The fraction of sp³-hybridized carbons (Fsp3) is 0.222. The maximum absolute atomic E-state index is 13.8. The van der Waals surface area contributed by atoms with Gasteiger partial charge >= 0.3 is 6.03 Å². The van der Waals surface area contributed by atoms with Crippen LogP contribution in [-0.4, -0.2) is 54.3 Å². The van der Waals surface area contributed by atoms with E-state index in [0.717, 1.165) is 16.0 Å². The maximum Gasteiger partial charge on any atom is 0.321 e. The maximum atomic E-state index is 13.8. The highest BCUT2D eigenvalue weighted by Crippen LogP contribution is 2.45. The van der Waals surface area contributed by atoms with Gasteiger partial charge in [0, 0.05) is 34.1 Å². The topological polar surface area (TPSA) is 142 Å². The number of sulfone groups is 1. The summed E-state index contributed by atoms with van der Waals surface area (Å²) in [5.41, 5.74) is 3.90. The van der Waals surface area contributed by atoms with Gasteiger partial charge in [-0.15, -0.1) is 11.3 Å². The minimum Gasteiger partial charge on any atom is -0.444 e. The second-order valence-corrected chi connectivity index (χ2v) is 12.7. The summed E-state index contributed by atoms with van der Waals surface area (Å²) in [7, 11) is -3.93. The summed E-state index contributed by atoms with van der Waals surface area (Å²) in [6, 6.07) is 19.6. The number of carbonyl (C=O) groups excluding carboxylic acids is 2. The van der Waals surface area contributed by atoms with E-state index in [0.29, 0.717) is 16.3 Å². The van der Waals surface area contributed by atoms with Crippen molar-refractivity contribution in [2.24, 2.45) is 0 Å². The predicted octanol–water partition coefficient (Wildman–Crippen LogP) is 4.51. The first-order chi connectivity index (χ1) is 18.8. The van der Waals surface area contributed by atoms with Gasteiger partial charge in [0.15, 0.2) is 22.0 Å². The molecule has 1 saturated heterocycles. The first kappa shape index (κ1) is 26.6. The van der Waals surface area contributed by atoms with Crippen LogP contribution in [0.15, 0.2) is 83.7 Å². The molecule has 0 bridgehead atoms. The van der Waals surface area contributed by atoms with Crippen LogP contribution in [0.1, 0.15) is 17.7 Å². The molecule has 0 saturated carbocycles. The molecule has 12 heteroatoms. The van der Waals surface area contributed by atoms with E-state index in [1.807, 2.05) is 36.4 Å². The molecule has 2 aromatic carbocycles. The molecule has 5 rings (SSSR count). The van der Waals surface area contributed by atoms with Gasteiger partial charge in [0.2, 0.25) is 5.91 Å². The van der Waals surface area contributed by atoms with E-state index >= 15 is 0 Å². The number of hydroxylamine groups is 1. The number of thiophene rings is 1. The average molecular weight is 567 g/mol. The number of benzene rings is 2. The number of oxazole rings is 1. The largest absolute Gasteiger partial charge is 0.444 e. The van der Waals surface area contributed by atoms with Crippen molar-refractivity contribution in [1.82, 2.24) is 15.4 Å². The smallest absolute Gasteiger partial charge is 0.321 e. The number of aromatic nitrogens is 1. The summed E-state index contributed by atoms with van der Waals surface area (Å²) in [5.74, 6) is -0.507. The standard InChI is InChI=1S/C27H26N4O6S2/c32-25(30-34)16-27(12-13-31(14-15-39(27,35)36)26(33)29-21-4-2-1-3-5-21)24-11-10-23(38-24)20-8-6-19(7-9-20)22-17-28-18-37-22/h1-11,17-18,34H,12-16H2,(H,29,33)(H,30,32). The molecule has 1 fully saturated rings. The summed E-state index contributed by atoms with van der Waals surface area (Å²) in [6.07, 6.45) is 2.50. The number of hydrogen-bond acceptors (Lipinski definition) is 8. The number of hydrogen-bond donors (Lipinski definition) is 3. The Morgan fingerprint density at radius 1 is 1.03 bits per heavy atom. The zero-order chi connectivity index (χ0) is 27.5. The van der Waals surface area contributed by atoms with E-state index < -0.39 is 32.9 Å². The zero-order valence-electron chi connectivity index (χ0n) is 20.7.